The van der Waals surface area contributed by atoms with E-state index < -0.39 is 0 Å². The van der Waals surface area contributed by atoms with Gasteiger partial charge in [-0.1, -0.05) is 0 Å². The Morgan fingerprint density at radius 2 is 0.700 bits per heavy atom. The van der Waals surface area contributed by atoms with E-state index in [1.807, 2.05) is 0 Å². The number of carbonyl (C=O) groups excluding carboxylic acids is 3. The number of halogens is 3. The summed E-state index contributed by atoms with van der Waals surface area (Å²) in [5.41, 5.74) is 0. The summed E-state index contributed by atoms with van der Waals surface area (Å²) in [5, 5.41) is 0. The minimum atomic E-state index is 0.160. The van der Waals surface area contributed by atoms with Gasteiger partial charge in [-0.15, -0.1) is 0 Å². The van der Waals surface area contributed by atoms with Crippen LogP contribution in [-0.4, -0.2) is 20.4 Å². The van der Waals surface area contributed by atoms with Crippen LogP contribution in [0, 0.1) is 0 Å². The maximum absolute atomic E-state index is 7.75. The summed E-state index contributed by atoms with van der Waals surface area (Å²) in [4.78, 5) is 23.2. The Morgan fingerprint density at radius 1 is 0.700 bits per heavy atom. The third-order valence-corrected chi connectivity index (χ3v) is 0. The van der Waals surface area contributed by atoms with E-state index in [9.17, 15) is 0 Å². The Kier molecular flexibility index (Phi) is 103. The summed E-state index contributed by atoms with van der Waals surface area (Å²) in [7, 11) is 0. The molecule has 0 amide bonds. The molecule has 0 saturated carbocycles. The quantitative estimate of drug-likeness (QED) is 0.211. The van der Waals surface area contributed by atoms with Crippen molar-refractivity contribution in [3.05, 3.63) is 0 Å². The van der Waals surface area contributed by atoms with Crippen molar-refractivity contribution >= 4 is 81.4 Å². The Labute approximate surface area is 98.2 Å². The number of hydrogen-bond donors (Lipinski definition) is 0. The molecule has 0 heterocycles. The van der Waals surface area contributed by atoms with Crippen LogP contribution in [-0.2, 0) is 18.5 Å². The van der Waals surface area contributed by atoms with Gasteiger partial charge in [0.05, 0.1) is 0 Å². The van der Waals surface area contributed by atoms with Gasteiger partial charge in [-0.05, 0) is 0 Å². The summed E-state index contributed by atoms with van der Waals surface area (Å²) in [6.07, 6.45) is 0. The summed E-state index contributed by atoms with van der Waals surface area (Å²) >= 11 is 7.20. The van der Waals surface area contributed by atoms with E-state index in [2.05, 4.69) is 81.4 Å². The van der Waals surface area contributed by atoms with Crippen LogP contribution in [0.25, 0.3) is 0 Å². The first-order valence-electron chi connectivity index (χ1n) is 1.11. The molecule has 0 aromatic carbocycles. The number of rotatable bonds is 0. The van der Waals surface area contributed by atoms with Gasteiger partial charge in [-0.25, -0.2) is 0 Å². The van der Waals surface area contributed by atoms with Gasteiger partial charge in [-0.2, -0.15) is 0 Å². The fourth-order valence-corrected chi connectivity index (χ4v) is 0. The molecule has 7 heteroatoms. The predicted octanol–water partition coefficient (Wildman–Crippen LogP) is 1.83. The van der Waals surface area contributed by atoms with Crippen molar-refractivity contribution in [1.29, 1.82) is 0 Å². The average molecular weight is 524 g/mol. The van der Waals surface area contributed by atoms with E-state index >= 15 is 0 Å². The molecule has 0 N–H and O–H groups in total. The Bertz CT molecular complexity index is 40.5. The van der Waals surface area contributed by atoms with Gasteiger partial charge in [0.25, 0.3) is 0 Å². The van der Waals surface area contributed by atoms with Gasteiger partial charge in [0.1, 0.15) is 0 Å². The number of hydrogen-bond acceptors (Lipinski definition) is 3. The van der Waals surface area contributed by atoms with Crippen LogP contribution in [0.4, 0.5) is 0 Å². The molecule has 3 nitrogen and oxygen atoms in total. The van der Waals surface area contributed by atoms with Crippen molar-refractivity contribution in [3.8, 4) is 0 Å². The molecule has 0 rings (SSSR count). The predicted molar refractivity (Wildman–Crippen MR) is 62.3 cm³/mol. The Hall–Kier alpha value is 1.72. The molecule has 0 bridgehead atoms. The first-order valence-corrected chi connectivity index (χ1v) is 11.8. The third kappa shape index (κ3) is 250. The van der Waals surface area contributed by atoms with E-state index in [1.54, 1.807) is 0 Å². The van der Waals surface area contributed by atoms with Gasteiger partial charge in [0.2, 0.25) is 0 Å². The molecule has 0 radical (unpaired) electrons. The van der Waals surface area contributed by atoms with Gasteiger partial charge >= 0.3 is 65.2 Å². The van der Waals surface area contributed by atoms with Gasteiger partial charge in [0, 0.05) is 0 Å². The monoisotopic (exact) mass is 524 g/mol. The fourth-order valence-electron chi connectivity index (χ4n) is 0. The van der Waals surface area contributed by atoms with Crippen molar-refractivity contribution in [2.45, 2.75) is 0 Å². The van der Waals surface area contributed by atoms with Crippen LogP contribution in [0.15, 0.2) is 0 Å². The molecule has 0 aliphatic rings. The zero-order valence-corrected chi connectivity index (χ0v) is 12.0. The van der Waals surface area contributed by atoms with E-state index in [1.165, 1.54) is 0 Å². The summed E-state index contributed by atoms with van der Waals surface area (Å²) in [6.45, 7) is 9.75. The summed E-state index contributed by atoms with van der Waals surface area (Å²) in [6, 6.07) is 0. The fraction of sp³-hybridized carbons (Fsp3) is 0. The second kappa shape index (κ2) is 45.5. The molecule has 0 fully saturated rings. The van der Waals surface area contributed by atoms with Crippen LogP contribution in [0.1, 0.15) is 0 Å². The van der Waals surface area contributed by atoms with Crippen LogP contribution in [0.5, 0.6) is 0 Å². The molecule has 0 atom stereocenters. The maximum atomic E-state index is 7.75. The second-order valence-electron chi connectivity index (χ2n) is 0.152. The van der Waals surface area contributed by atoms with Crippen molar-refractivity contribution in [3.63, 3.8) is 0 Å². The first-order chi connectivity index (χ1) is 4.73. The SMILES string of the molecule is [CH-]=O.[CH-]=O.[CH-]=O.[I][Fe]([I])[I]. The zero-order valence-electron chi connectivity index (χ0n) is 4.44. The van der Waals surface area contributed by atoms with Gasteiger partial charge in [0.15, 0.2) is 0 Å². The summed E-state index contributed by atoms with van der Waals surface area (Å²) in [5.74, 6) is 0. The average Bonchev–Trinajstić information content (AvgIpc) is 1.98. The molecule has 0 aromatic rings. The van der Waals surface area contributed by atoms with Gasteiger partial charge in [-0.3, -0.25) is 20.4 Å². The molecule has 0 aromatic heterocycles. The normalized spacial score (nSPS) is 5.70. The van der Waals surface area contributed by atoms with Crippen molar-refractivity contribution in [2.24, 2.45) is 0 Å². The topological polar surface area (TPSA) is 51.2 Å². The molecule has 0 aliphatic heterocycles. The van der Waals surface area contributed by atoms with Crippen LogP contribution < -0.4 is 0 Å². The molecule has 0 aliphatic carbocycles. The minimum absolute atomic E-state index is 0.160. The first kappa shape index (κ1) is 22.6. The van der Waals surface area contributed by atoms with Crippen LogP contribution in [0.2, 0.25) is 0 Å². The van der Waals surface area contributed by atoms with Crippen molar-refractivity contribution in [2.75, 3.05) is 0 Å². The Balaban J connectivity index is -0.0000000262. The van der Waals surface area contributed by atoms with Crippen LogP contribution >= 0.6 is 61.0 Å². The van der Waals surface area contributed by atoms with E-state index in [0.717, 1.165) is 0 Å². The standard InChI is InChI=1S/3CHO.Fe.3HI/c3*1-2;;;;/h3*1H;;3*1H/q3*-1;+3;;;/p-3. The molecular weight excluding hydrogens is 521 g/mol. The molecule has 65 valence electrons. The molecular formula is C3H3FeI3O3-3. The van der Waals surface area contributed by atoms with Gasteiger partial charge < -0.3 is 14.4 Å². The molecule has 0 spiro atoms. The zero-order chi connectivity index (χ0) is 9.58. The van der Waals surface area contributed by atoms with E-state index in [0.29, 0.717) is 0 Å². The molecule has 0 unspecified atom stereocenters. The van der Waals surface area contributed by atoms with Crippen molar-refractivity contribution in [1.82, 2.24) is 0 Å². The molecule has 10 heavy (non-hydrogen) atoms. The second-order valence-corrected chi connectivity index (χ2v) is 28.1. The summed E-state index contributed by atoms with van der Waals surface area (Å²) < 4.78 is 0.160. The third-order valence-electron chi connectivity index (χ3n) is 0. The van der Waals surface area contributed by atoms with Crippen LogP contribution in [0.3, 0.4) is 0 Å². The van der Waals surface area contributed by atoms with E-state index in [4.69, 9.17) is 14.4 Å². The van der Waals surface area contributed by atoms with E-state index in [-0.39, 0.29) is 4.15 Å². The van der Waals surface area contributed by atoms with Crippen molar-refractivity contribution < 1.29 is 18.5 Å². The molecule has 0 saturated heterocycles. The Morgan fingerprint density at radius 3 is 0.700 bits per heavy atom.